The first-order valence-electron chi connectivity index (χ1n) is 6.47. The van der Waals surface area contributed by atoms with E-state index in [1.54, 1.807) is 0 Å². The average molecular weight is 269 g/mol. The lowest BCUT2D eigenvalue weighted by atomic mass is 10.1. The largest absolute Gasteiger partial charge is 0.311 e. The number of hydrogen-bond donors (Lipinski definition) is 1. The maximum atomic E-state index is 6.00. The van der Waals surface area contributed by atoms with Crippen molar-refractivity contribution in [3.05, 3.63) is 34.9 Å². The second kappa shape index (κ2) is 6.55. The molecule has 1 rings (SSSR count). The fourth-order valence-corrected chi connectivity index (χ4v) is 1.90. The molecule has 0 saturated heterocycles. The first-order chi connectivity index (χ1) is 8.28. The number of nitrogens with one attached hydrogen (secondary N) is 1. The molecule has 0 spiro atoms. The summed E-state index contributed by atoms with van der Waals surface area (Å²) in [5.41, 5.74) is 1.43. The Balaban J connectivity index is 2.47. The minimum atomic E-state index is 0.172. The van der Waals surface area contributed by atoms with E-state index in [0.717, 1.165) is 18.1 Å². The number of halogens is 1. The monoisotopic (exact) mass is 268 g/mol. The van der Waals surface area contributed by atoms with Crippen LogP contribution in [0.15, 0.2) is 24.3 Å². The molecular formula is C15H25ClN2. The van der Waals surface area contributed by atoms with Crippen molar-refractivity contribution < 1.29 is 0 Å². The molecule has 0 radical (unpaired) electrons. The van der Waals surface area contributed by atoms with Gasteiger partial charge in [0.2, 0.25) is 0 Å². The zero-order valence-corrected chi connectivity index (χ0v) is 12.9. The fraction of sp³-hybridized carbons (Fsp3) is 0.600. The summed E-state index contributed by atoms with van der Waals surface area (Å²) in [6, 6.07) is 8.55. The van der Waals surface area contributed by atoms with Crippen LogP contribution in [0.25, 0.3) is 0 Å². The molecule has 1 unspecified atom stereocenters. The summed E-state index contributed by atoms with van der Waals surface area (Å²) in [5.74, 6) is 0. The summed E-state index contributed by atoms with van der Waals surface area (Å²) in [6.07, 6.45) is 0. The summed E-state index contributed by atoms with van der Waals surface area (Å²) >= 11 is 6.00. The Morgan fingerprint density at radius 1 is 1.33 bits per heavy atom. The molecule has 0 aromatic heterocycles. The van der Waals surface area contributed by atoms with Crippen molar-refractivity contribution in [3.63, 3.8) is 0 Å². The van der Waals surface area contributed by atoms with E-state index in [-0.39, 0.29) is 5.54 Å². The van der Waals surface area contributed by atoms with Gasteiger partial charge in [0, 0.05) is 29.7 Å². The molecule has 0 aliphatic heterocycles. The standard InChI is InChI=1S/C15H25ClN2/c1-12(10-17-15(2,3)4)18(5)11-13-7-6-8-14(16)9-13/h6-9,12,17H,10-11H2,1-5H3. The number of hydrogen-bond acceptors (Lipinski definition) is 2. The van der Waals surface area contributed by atoms with Crippen LogP contribution in [0.3, 0.4) is 0 Å². The number of rotatable bonds is 5. The number of nitrogens with zero attached hydrogens (tertiary/aromatic N) is 1. The van der Waals surface area contributed by atoms with Crippen molar-refractivity contribution >= 4 is 11.6 Å². The number of benzene rings is 1. The van der Waals surface area contributed by atoms with Crippen LogP contribution in [0.5, 0.6) is 0 Å². The second-order valence-corrected chi connectivity index (χ2v) is 6.46. The molecule has 0 fully saturated rings. The molecule has 0 aliphatic carbocycles. The van der Waals surface area contributed by atoms with Crippen LogP contribution in [0.2, 0.25) is 5.02 Å². The van der Waals surface area contributed by atoms with E-state index < -0.39 is 0 Å². The Kier molecular flexibility index (Phi) is 5.64. The molecule has 1 aromatic rings. The minimum Gasteiger partial charge on any atom is -0.311 e. The van der Waals surface area contributed by atoms with E-state index in [1.165, 1.54) is 5.56 Å². The molecule has 2 nitrogen and oxygen atoms in total. The molecule has 1 aromatic carbocycles. The number of likely N-dealkylation sites (N-methyl/N-ethyl adjacent to an activating group) is 1. The molecule has 0 heterocycles. The van der Waals surface area contributed by atoms with Gasteiger partial charge in [0.15, 0.2) is 0 Å². The van der Waals surface area contributed by atoms with Crippen molar-refractivity contribution in [3.8, 4) is 0 Å². The van der Waals surface area contributed by atoms with Crippen LogP contribution in [0.1, 0.15) is 33.3 Å². The highest BCUT2D eigenvalue weighted by molar-refractivity contribution is 6.30. The molecule has 0 aliphatic rings. The van der Waals surface area contributed by atoms with E-state index in [1.807, 2.05) is 18.2 Å². The van der Waals surface area contributed by atoms with Crippen LogP contribution in [-0.2, 0) is 6.54 Å². The smallest absolute Gasteiger partial charge is 0.0409 e. The Hall–Kier alpha value is -0.570. The summed E-state index contributed by atoms with van der Waals surface area (Å²) < 4.78 is 0. The maximum absolute atomic E-state index is 6.00. The van der Waals surface area contributed by atoms with Gasteiger partial charge in [-0.2, -0.15) is 0 Å². The Morgan fingerprint density at radius 3 is 2.56 bits per heavy atom. The van der Waals surface area contributed by atoms with Gasteiger partial charge in [0.1, 0.15) is 0 Å². The molecule has 18 heavy (non-hydrogen) atoms. The summed E-state index contributed by atoms with van der Waals surface area (Å²) in [6.45, 7) is 10.7. The summed E-state index contributed by atoms with van der Waals surface area (Å²) in [5, 5.41) is 4.34. The van der Waals surface area contributed by atoms with Gasteiger partial charge in [0.05, 0.1) is 0 Å². The van der Waals surface area contributed by atoms with Crippen molar-refractivity contribution in [2.75, 3.05) is 13.6 Å². The highest BCUT2D eigenvalue weighted by Gasteiger charge is 2.14. The van der Waals surface area contributed by atoms with Gasteiger partial charge in [-0.25, -0.2) is 0 Å². The summed E-state index contributed by atoms with van der Waals surface area (Å²) in [4.78, 5) is 2.34. The SMILES string of the molecule is CC(CNC(C)(C)C)N(C)Cc1cccc(Cl)c1. The normalized spacial score (nSPS) is 13.9. The zero-order chi connectivity index (χ0) is 13.8. The quantitative estimate of drug-likeness (QED) is 0.879. The molecular weight excluding hydrogens is 244 g/mol. The molecule has 1 atom stereocenters. The fourth-order valence-electron chi connectivity index (χ4n) is 1.69. The first-order valence-corrected chi connectivity index (χ1v) is 6.85. The van der Waals surface area contributed by atoms with E-state index in [2.05, 4.69) is 51.0 Å². The van der Waals surface area contributed by atoms with Gasteiger partial charge in [0.25, 0.3) is 0 Å². The highest BCUT2D eigenvalue weighted by atomic mass is 35.5. The topological polar surface area (TPSA) is 15.3 Å². The zero-order valence-electron chi connectivity index (χ0n) is 12.1. The van der Waals surface area contributed by atoms with E-state index >= 15 is 0 Å². The van der Waals surface area contributed by atoms with Crippen LogP contribution in [0.4, 0.5) is 0 Å². The lowest BCUT2D eigenvalue weighted by Crippen LogP contribution is -2.44. The van der Waals surface area contributed by atoms with Gasteiger partial charge in [-0.05, 0) is 52.4 Å². The third kappa shape index (κ3) is 5.85. The second-order valence-electron chi connectivity index (χ2n) is 6.02. The predicted molar refractivity (Wildman–Crippen MR) is 80.1 cm³/mol. The van der Waals surface area contributed by atoms with Gasteiger partial charge < -0.3 is 5.32 Å². The van der Waals surface area contributed by atoms with E-state index in [0.29, 0.717) is 6.04 Å². The lowest BCUT2D eigenvalue weighted by molar-refractivity contribution is 0.228. The minimum absolute atomic E-state index is 0.172. The van der Waals surface area contributed by atoms with Gasteiger partial charge >= 0.3 is 0 Å². The predicted octanol–water partition coefficient (Wildman–Crippen LogP) is 3.55. The van der Waals surface area contributed by atoms with E-state index in [4.69, 9.17) is 11.6 Å². The first kappa shape index (κ1) is 15.5. The van der Waals surface area contributed by atoms with E-state index in [9.17, 15) is 0 Å². The molecule has 0 bridgehead atoms. The average Bonchev–Trinajstić information content (AvgIpc) is 2.24. The van der Waals surface area contributed by atoms with Crippen LogP contribution in [-0.4, -0.2) is 30.1 Å². The Labute approximate surface area is 116 Å². The van der Waals surface area contributed by atoms with Crippen molar-refractivity contribution in [2.24, 2.45) is 0 Å². The van der Waals surface area contributed by atoms with Crippen LogP contribution in [0, 0.1) is 0 Å². The maximum Gasteiger partial charge on any atom is 0.0409 e. The van der Waals surface area contributed by atoms with Crippen molar-refractivity contribution in [2.45, 2.75) is 45.8 Å². The molecule has 0 amide bonds. The molecule has 1 N–H and O–H groups in total. The molecule has 3 heteroatoms. The lowest BCUT2D eigenvalue weighted by Gasteiger charge is -2.29. The van der Waals surface area contributed by atoms with Crippen molar-refractivity contribution in [1.29, 1.82) is 0 Å². The van der Waals surface area contributed by atoms with Gasteiger partial charge in [-0.15, -0.1) is 0 Å². The highest BCUT2D eigenvalue weighted by Crippen LogP contribution is 2.13. The third-order valence-corrected chi connectivity index (χ3v) is 3.24. The molecule has 0 saturated carbocycles. The third-order valence-electron chi connectivity index (χ3n) is 3.00. The Morgan fingerprint density at radius 2 is 2.00 bits per heavy atom. The Bertz CT molecular complexity index is 371. The van der Waals surface area contributed by atoms with Crippen molar-refractivity contribution in [1.82, 2.24) is 10.2 Å². The van der Waals surface area contributed by atoms with Gasteiger partial charge in [-0.3, -0.25) is 4.90 Å². The molecule has 102 valence electrons. The van der Waals surface area contributed by atoms with Crippen LogP contribution < -0.4 is 5.32 Å². The summed E-state index contributed by atoms with van der Waals surface area (Å²) in [7, 11) is 2.15. The van der Waals surface area contributed by atoms with Crippen LogP contribution >= 0.6 is 11.6 Å². The van der Waals surface area contributed by atoms with Gasteiger partial charge in [-0.1, -0.05) is 23.7 Å².